The lowest BCUT2D eigenvalue weighted by Gasteiger charge is -2.21. The summed E-state index contributed by atoms with van der Waals surface area (Å²) >= 11 is 20.1. The molecule has 8 nitrogen and oxygen atoms in total. The van der Waals surface area contributed by atoms with E-state index in [2.05, 4.69) is 35.2 Å². The number of hydrogen-bond donors (Lipinski definition) is 1. The van der Waals surface area contributed by atoms with Crippen molar-refractivity contribution in [1.82, 2.24) is 15.0 Å². The Morgan fingerprint density at radius 3 is 1.91 bits per heavy atom. The van der Waals surface area contributed by atoms with E-state index >= 15 is 0 Å². The molecule has 3 aromatic heterocycles. The predicted octanol–water partition coefficient (Wildman–Crippen LogP) is 9.07. The van der Waals surface area contributed by atoms with Gasteiger partial charge < -0.3 is 5.11 Å². The molecule has 0 aromatic carbocycles. The van der Waals surface area contributed by atoms with Gasteiger partial charge in [-0.25, -0.2) is 19.2 Å². The number of nitriles is 1. The first-order chi connectivity index (χ1) is 21.4. The molecule has 3 heterocycles. The Balaban J connectivity index is 0.000000178. The number of aromatic nitrogens is 3. The lowest BCUT2D eigenvalue weighted by molar-refractivity contribution is -0.117. The molecule has 3 aliphatic rings. The number of halogens is 4. The molecule has 45 heavy (non-hydrogen) atoms. The van der Waals surface area contributed by atoms with Gasteiger partial charge in [0.05, 0.1) is 20.6 Å². The van der Waals surface area contributed by atoms with Crippen LogP contribution in [0.3, 0.4) is 0 Å². The average Bonchev–Trinajstić information content (AvgIpc) is 3.80. The molecule has 0 radical (unpaired) electrons. The minimum Gasteiger partial charge on any atom is -0.385 e. The second-order valence-corrected chi connectivity index (χ2v) is 15.8. The van der Waals surface area contributed by atoms with Crippen LogP contribution in [-0.2, 0) is 20.1 Å². The first-order valence-corrected chi connectivity index (χ1v) is 18.7. The molecule has 1 unspecified atom stereocenters. The molecule has 3 saturated carbocycles. The van der Waals surface area contributed by atoms with Crippen LogP contribution in [0, 0.1) is 11.5 Å². The highest BCUT2D eigenvalue weighted by Crippen LogP contribution is 2.39. The Morgan fingerprint density at radius 1 is 0.889 bits per heavy atom. The van der Waals surface area contributed by atoms with E-state index in [0.717, 1.165) is 86.2 Å². The van der Waals surface area contributed by atoms with Gasteiger partial charge in [-0.05, 0) is 84.3 Å². The molecule has 0 saturated heterocycles. The molecule has 6 rings (SSSR count). The first-order valence-electron chi connectivity index (χ1n) is 14.8. The summed E-state index contributed by atoms with van der Waals surface area (Å²) in [7, 11) is -2.46. The zero-order valence-electron chi connectivity index (χ0n) is 25.0. The van der Waals surface area contributed by atoms with Crippen LogP contribution in [0.15, 0.2) is 63.8 Å². The van der Waals surface area contributed by atoms with Crippen molar-refractivity contribution in [3.8, 4) is 6.19 Å². The number of nitrogens with zero attached hydrogens (tertiary/aromatic N) is 5. The number of pyridine rings is 3. The normalized spacial score (nSPS) is 21.0. The summed E-state index contributed by atoms with van der Waals surface area (Å²) in [5, 5.41) is 20.2. The quantitative estimate of drug-likeness (QED) is 0.209. The molecule has 0 amide bonds. The number of hydrogen-bond acceptors (Lipinski definition) is 8. The van der Waals surface area contributed by atoms with Gasteiger partial charge in [-0.2, -0.15) is 5.26 Å². The molecule has 242 valence electrons. The number of aliphatic hydroxyl groups is 1. The fourth-order valence-corrected chi connectivity index (χ4v) is 7.99. The minimum absolute atomic E-state index is 0.0693. The van der Waals surface area contributed by atoms with E-state index in [-0.39, 0.29) is 11.2 Å². The van der Waals surface area contributed by atoms with E-state index in [1.165, 1.54) is 0 Å². The number of carbonyl (C=O) groups is 1. The van der Waals surface area contributed by atoms with Crippen LogP contribution >= 0.6 is 50.7 Å². The summed E-state index contributed by atoms with van der Waals surface area (Å²) in [6.07, 6.45) is 19.0. The fraction of sp³-hybridized carbons (Fsp3) is 0.469. The van der Waals surface area contributed by atoms with Crippen molar-refractivity contribution in [3.05, 3.63) is 86.0 Å². The van der Waals surface area contributed by atoms with Crippen LogP contribution < -0.4 is 0 Å². The lowest BCUT2D eigenvalue weighted by Crippen LogP contribution is -2.22. The molecule has 0 bridgehead atoms. The molecule has 13 heteroatoms. The van der Waals surface area contributed by atoms with Crippen molar-refractivity contribution in [3.63, 3.8) is 0 Å². The first kappa shape index (κ1) is 37.3. The van der Waals surface area contributed by atoms with E-state index in [4.69, 9.17) is 40.1 Å². The molecule has 3 atom stereocenters. The molecule has 3 aromatic rings. The molecular weight excluding hydrogens is 721 g/mol. The Hall–Kier alpha value is -2.13. The maximum atomic E-state index is 12.4. The Bertz CT molecular complexity index is 1510. The third-order valence-electron chi connectivity index (χ3n) is 7.96. The van der Waals surface area contributed by atoms with Crippen LogP contribution in [-0.4, -0.2) is 41.6 Å². The molecule has 0 aliphatic heterocycles. The third-order valence-corrected chi connectivity index (χ3v) is 11.2. The van der Waals surface area contributed by atoms with Crippen LogP contribution in [0.2, 0.25) is 15.5 Å². The van der Waals surface area contributed by atoms with Gasteiger partial charge in [0.1, 0.15) is 21.2 Å². The smallest absolute Gasteiger partial charge is 0.214 e. The second kappa shape index (κ2) is 18.3. The maximum Gasteiger partial charge on any atom is 0.214 e. The number of carbonyl (C=O) groups excluding carboxylic acids is 1. The molecule has 3 aliphatic carbocycles. The molecular formula is C32H37BrCl3N5O3S. The molecule has 1 N–H and O–H groups in total. The topological polar surface area (TPSA) is 129 Å². The highest BCUT2D eigenvalue weighted by Gasteiger charge is 2.35. The SMILES string of the molecule is C[S@@](=O)(=NC#N)C1CCC[C@@H]1c1ccc(Cl)nc1.Clc1ccc(Br)cn1.O=C1CCCC1.OC1(c2ccc(Cl)nc2)CCCC1. The van der Waals surface area contributed by atoms with E-state index in [0.29, 0.717) is 21.2 Å². The van der Waals surface area contributed by atoms with Crippen molar-refractivity contribution >= 4 is 66.2 Å². The third kappa shape index (κ3) is 12.2. The van der Waals surface area contributed by atoms with Gasteiger partial charge in [0.15, 0.2) is 0 Å². The van der Waals surface area contributed by atoms with E-state index in [1.807, 2.05) is 18.2 Å². The van der Waals surface area contributed by atoms with Crippen molar-refractivity contribution in [1.29, 1.82) is 5.26 Å². The number of Topliss-reactive ketones (excluding diaryl/α,β-unsaturated/α-hetero) is 1. The summed E-state index contributed by atoms with van der Waals surface area (Å²) in [4.78, 5) is 22.1. The summed E-state index contributed by atoms with van der Waals surface area (Å²) in [6.45, 7) is 0. The van der Waals surface area contributed by atoms with Gasteiger partial charge in [-0.15, -0.1) is 4.36 Å². The standard InChI is InChI=1S/C12H14ClN3OS.C10H12ClNO.C5H3BrClN.C5H8O/c1-18(17,16-8-14)11-4-2-3-10(11)9-5-6-12(13)15-7-9;11-9-4-3-8(7-12-9)10(13)5-1-2-6-10;6-4-1-2-5(7)8-3-4;6-5-3-1-2-4-5/h5-7,10-11H,2-4H2,1H3;3-4,7,13H,1-2,5-6H2;1-3H;1-4H2/t10-,11?,18+;;;/m1.../s1. The second-order valence-electron chi connectivity index (χ2n) is 11.2. The zero-order valence-corrected chi connectivity index (χ0v) is 29.7. The van der Waals surface area contributed by atoms with E-state index < -0.39 is 15.3 Å². The summed E-state index contributed by atoms with van der Waals surface area (Å²) in [5.41, 5.74) is 1.29. The van der Waals surface area contributed by atoms with Gasteiger partial charge in [0.25, 0.3) is 0 Å². The van der Waals surface area contributed by atoms with Crippen molar-refractivity contribution in [2.24, 2.45) is 4.36 Å². The van der Waals surface area contributed by atoms with Crippen LogP contribution in [0.1, 0.15) is 87.7 Å². The van der Waals surface area contributed by atoms with Crippen molar-refractivity contribution < 1.29 is 14.1 Å². The van der Waals surface area contributed by atoms with Gasteiger partial charge >= 0.3 is 0 Å². The summed E-state index contributed by atoms with van der Waals surface area (Å²) in [5.74, 6) is 0.611. The zero-order chi connectivity index (χ0) is 32.9. The average molecular weight is 758 g/mol. The Kier molecular flexibility index (Phi) is 15.2. The Morgan fingerprint density at radius 2 is 1.47 bits per heavy atom. The number of ketones is 1. The molecule has 0 spiro atoms. The highest BCUT2D eigenvalue weighted by molar-refractivity contribution is 9.10. The predicted molar refractivity (Wildman–Crippen MR) is 184 cm³/mol. The summed E-state index contributed by atoms with van der Waals surface area (Å²) in [6, 6.07) is 10.8. The van der Waals surface area contributed by atoms with Gasteiger partial charge in [0.2, 0.25) is 6.19 Å². The Labute approximate surface area is 289 Å². The minimum atomic E-state index is -2.46. The molecule has 3 fully saturated rings. The van der Waals surface area contributed by atoms with Gasteiger partial charge in [0, 0.05) is 53.6 Å². The largest absolute Gasteiger partial charge is 0.385 e. The summed E-state index contributed by atoms with van der Waals surface area (Å²) < 4.78 is 17.0. The van der Waals surface area contributed by atoms with Crippen molar-refractivity contribution in [2.75, 3.05) is 6.26 Å². The van der Waals surface area contributed by atoms with Crippen LogP contribution in [0.5, 0.6) is 0 Å². The maximum absolute atomic E-state index is 12.4. The van der Waals surface area contributed by atoms with E-state index in [1.54, 1.807) is 49.2 Å². The van der Waals surface area contributed by atoms with Gasteiger partial charge in [-0.1, -0.05) is 66.2 Å². The fourth-order valence-electron chi connectivity index (χ4n) is 5.61. The van der Waals surface area contributed by atoms with Crippen LogP contribution in [0.25, 0.3) is 0 Å². The monoisotopic (exact) mass is 755 g/mol. The van der Waals surface area contributed by atoms with E-state index in [9.17, 15) is 14.1 Å². The lowest BCUT2D eigenvalue weighted by atomic mass is 9.94. The highest BCUT2D eigenvalue weighted by atomic mass is 79.9. The van der Waals surface area contributed by atoms with Gasteiger partial charge in [-0.3, -0.25) is 4.79 Å². The van der Waals surface area contributed by atoms with Crippen LogP contribution in [0.4, 0.5) is 0 Å². The number of rotatable bonds is 3. The van der Waals surface area contributed by atoms with Crippen molar-refractivity contribution in [2.45, 2.75) is 87.4 Å².